The number of carboxylic acids is 1. The summed E-state index contributed by atoms with van der Waals surface area (Å²) in [5.41, 5.74) is 7.66. The number of para-hydroxylation sites is 2. The maximum absolute atomic E-state index is 11.2. The van der Waals surface area contributed by atoms with E-state index in [0.717, 1.165) is 9.26 Å². The summed E-state index contributed by atoms with van der Waals surface area (Å²) >= 11 is 2.18. The maximum Gasteiger partial charge on any atom is 0.337 e. The van der Waals surface area contributed by atoms with E-state index in [1.54, 1.807) is 12.1 Å². The van der Waals surface area contributed by atoms with Gasteiger partial charge in [-0.2, -0.15) is 0 Å². The number of nitrogens with two attached hydrogens (primary N) is 1. The van der Waals surface area contributed by atoms with E-state index in [0.29, 0.717) is 11.4 Å². The molecule has 0 radical (unpaired) electrons. The van der Waals surface area contributed by atoms with Crippen molar-refractivity contribution in [3.05, 3.63) is 51.6 Å². The first-order chi connectivity index (χ1) is 8.59. The molecule has 0 aromatic heterocycles. The molecule has 4 nitrogen and oxygen atoms in total. The maximum atomic E-state index is 11.2. The molecule has 5 heteroatoms. The summed E-state index contributed by atoms with van der Waals surface area (Å²) in [5.74, 6) is -1.00. The molecule has 0 fully saturated rings. The zero-order valence-electron chi connectivity index (χ0n) is 9.35. The Kier molecular flexibility index (Phi) is 3.71. The second kappa shape index (κ2) is 5.26. The van der Waals surface area contributed by atoms with E-state index in [9.17, 15) is 4.79 Å². The van der Waals surface area contributed by atoms with Crippen molar-refractivity contribution in [2.75, 3.05) is 11.1 Å². The number of halogens is 1. The predicted molar refractivity (Wildman–Crippen MR) is 80.3 cm³/mol. The largest absolute Gasteiger partial charge is 0.478 e. The summed E-state index contributed by atoms with van der Waals surface area (Å²) in [6.45, 7) is 0. The Morgan fingerprint density at radius 1 is 1.17 bits per heavy atom. The average molecular weight is 354 g/mol. The van der Waals surface area contributed by atoms with Crippen LogP contribution in [0.2, 0.25) is 0 Å². The lowest BCUT2D eigenvalue weighted by molar-refractivity contribution is 0.0698. The summed E-state index contributed by atoms with van der Waals surface area (Å²) in [7, 11) is 0. The van der Waals surface area contributed by atoms with Crippen molar-refractivity contribution in [2.45, 2.75) is 0 Å². The molecule has 0 bridgehead atoms. The standard InChI is InChI=1S/C13H11IN2O2/c14-9-5-1-2-7-11(9)16-12-8(13(17)18)4-3-6-10(12)15/h1-7,16H,15H2,(H,17,18). The molecular formula is C13H11IN2O2. The number of rotatable bonds is 3. The molecular weight excluding hydrogens is 343 g/mol. The minimum atomic E-state index is -1.00. The van der Waals surface area contributed by atoms with Crippen molar-refractivity contribution in [3.8, 4) is 0 Å². The summed E-state index contributed by atoms with van der Waals surface area (Å²) in [6, 6.07) is 12.4. The monoisotopic (exact) mass is 354 g/mol. The van der Waals surface area contributed by atoms with Gasteiger partial charge in [0.25, 0.3) is 0 Å². The zero-order valence-corrected chi connectivity index (χ0v) is 11.5. The van der Waals surface area contributed by atoms with Crippen LogP contribution >= 0.6 is 22.6 Å². The van der Waals surface area contributed by atoms with Crippen LogP contribution in [0.25, 0.3) is 0 Å². The number of hydrogen-bond donors (Lipinski definition) is 3. The van der Waals surface area contributed by atoms with Gasteiger partial charge < -0.3 is 16.2 Å². The Morgan fingerprint density at radius 3 is 2.56 bits per heavy atom. The highest BCUT2D eigenvalue weighted by atomic mass is 127. The van der Waals surface area contributed by atoms with Crippen molar-refractivity contribution >= 4 is 45.6 Å². The Morgan fingerprint density at radius 2 is 1.89 bits per heavy atom. The van der Waals surface area contributed by atoms with Crippen molar-refractivity contribution in [2.24, 2.45) is 0 Å². The molecule has 0 saturated heterocycles. The molecule has 0 atom stereocenters. The van der Waals surface area contributed by atoms with E-state index in [4.69, 9.17) is 10.8 Å². The molecule has 0 aliphatic heterocycles. The minimum Gasteiger partial charge on any atom is -0.478 e. The van der Waals surface area contributed by atoms with Crippen LogP contribution in [0, 0.1) is 3.57 Å². The van der Waals surface area contributed by atoms with Gasteiger partial charge in [-0.25, -0.2) is 4.79 Å². The van der Waals surface area contributed by atoms with Crippen LogP contribution in [-0.2, 0) is 0 Å². The molecule has 0 saturated carbocycles. The van der Waals surface area contributed by atoms with E-state index in [2.05, 4.69) is 27.9 Å². The minimum absolute atomic E-state index is 0.162. The van der Waals surface area contributed by atoms with Crippen LogP contribution in [-0.4, -0.2) is 11.1 Å². The first kappa shape index (κ1) is 12.7. The third kappa shape index (κ3) is 2.56. The number of benzene rings is 2. The van der Waals surface area contributed by atoms with Gasteiger partial charge in [-0.3, -0.25) is 0 Å². The van der Waals surface area contributed by atoms with Gasteiger partial charge in [0.05, 0.1) is 22.6 Å². The van der Waals surface area contributed by atoms with Crippen LogP contribution in [0.15, 0.2) is 42.5 Å². The summed E-state index contributed by atoms with van der Waals surface area (Å²) in [6.07, 6.45) is 0. The van der Waals surface area contributed by atoms with Crippen LogP contribution in [0.4, 0.5) is 17.1 Å². The van der Waals surface area contributed by atoms with Gasteiger partial charge in [0.2, 0.25) is 0 Å². The lowest BCUT2D eigenvalue weighted by Crippen LogP contribution is -2.06. The van der Waals surface area contributed by atoms with Crippen LogP contribution in [0.3, 0.4) is 0 Å². The lowest BCUT2D eigenvalue weighted by Gasteiger charge is -2.13. The summed E-state index contributed by atoms with van der Waals surface area (Å²) in [4.78, 5) is 11.2. The molecule has 0 spiro atoms. The average Bonchev–Trinajstić information content (AvgIpc) is 2.34. The second-order valence-corrected chi connectivity index (χ2v) is 4.84. The number of nitrogens with one attached hydrogen (secondary N) is 1. The number of carbonyl (C=O) groups is 1. The van der Waals surface area contributed by atoms with Gasteiger partial charge in [0.1, 0.15) is 0 Å². The van der Waals surface area contributed by atoms with E-state index in [1.807, 2.05) is 24.3 Å². The quantitative estimate of drug-likeness (QED) is 0.584. The molecule has 2 aromatic carbocycles. The highest BCUT2D eigenvalue weighted by Crippen LogP contribution is 2.29. The normalized spacial score (nSPS) is 10.1. The van der Waals surface area contributed by atoms with E-state index < -0.39 is 5.97 Å². The number of aromatic carboxylic acids is 1. The molecule has 2 aromatic rings. The first-order valence-electron chi connectivity index (χ1n) is 5.23. The number of nitrogen functional groups attached to an aromatic ring is 1. The van der Waals surface area contributed by atoms with Crippen molar-refractivity contribution in [1.29, 1.82) is 0 Å². The van der Waals surface area contributed by atoms with Crippen molar-refractivity contribution in [1.82, 2.24) is 0 Å². The first-order valence-corrected chi connectivity index (χ1v) is 6.31. The highest BCUT2D eigenvalue weighted by Gasteiger charge is 2.13. The fourth-order valence-electron chi connectivity index (χ4n) is 1.59. The molecule has 0 aliphatic rings. The third-order valence-electron chi connectivity index (χ3n) is 2.46. The summed E-state index contributed by atoms with van der Waals surface area (Å²) < 4.78 is 0.995. The van der Waals surface area contributed by atoms with E-state index >= 15 is 0 Å². The van der Waals surface area contributed by atoms with Crippen molar-refractivity contribution in [3.63, 3.8) is 0 Å². The number of hydrogen-bond acceptors (Lipinski definition) is 3. The van der Waals surface area contributed by atoms with Gasteiger partial charge in [0, 0.05) is 3.57 Å². The lowest BCUT2D eigenvalue weighted by atomic mass is 10.1. The number of carboxylic acid groups (broad SMARTS) is 1. The van der Waals surface area contributed by atoms with Crippen LogP contribution in [0.5, 0.6) is 0 Å². The third-order valence-corrected chi connectivity index (χ3v) is 3.40. The van der Waals surface area contributed by atoms with Crippen LogP contribution in [0.1, 0.15) is 10.4 Å². The molecule has 0 aliphatic carbocycles. The Labute approximate surface area is 118 Å². The fourth-order valence-corrected chi connectivity index (χ4v) is 2.11. The van der Waals surface area contributed by atoms with Gasteiger partial charge in [-0.1, -0.05) is 18.2 Å². The molecule has 0 amide bonds. The molecule has 18 heavy (non-hydrogen) atoms. The van der Waals surface area contributed by atoms with Crippen molar-refractivity contribution < 1.29 is 9.90 Å². The Balaban J connectivity index is 2.46. The fraction of sp³-hybridized carbons (Fsp3) is 0. The van der Waals surface area contributed by atoms with Gasteiger partial charge in [0.15, 0.2) is 0 Å². The molecule has 92 valence electrons. The Bertz CT molecular complexity index is 599. The van der Waals surface area contributed by atoms with Gasteiger partial charge in [-0.05, 0) is 46.9 Å². The Hall–Kier alpha value is -1.76. The molecule has 2 rings (SSSR count). The van der Waals surface area contributed by atoms with E-state index in [1.165, 1.54) is 6.07 Å². The number of anilines is 3. The second-order valence-electron chi connectivity index (χ2n) is 3.68. The van der Waals surface area contributed by atoms with Crippen LogP contribution < -0.4 is 11.1 Å². The molecule has 4 N–H and O–H groups in total. The van der Waals surface area contributed by atoms with Gasteiger partial charge >= 0.3 is 5.97 Å². The van der Waals surface area contributed by atoms with Gasteiger partial charge in [-0.15, -0.1) is 0 Å². The summed E-state index contributed by atoms with van der Waals surface area (Å²) in [5, 5.41) is 12.2. The topological polar surface area (TPSA) is 75.4 Å². The SMILES string of the molecule is Nc1cccc(C(=O)O)c1Nc1ccccc1I. The highest BCUT2D eigenvalue weighted by molar-refractivity contribution is 14.1. The molecule has 0 heterocycles. The van der Waals surface area contributed by atoms with E-state index in [-0.39, 0.29) is 5.56 Å². The molecule has 0 unspecified atom stereocenters. The predicted octanol–water partition coefficient (Wildman–Crippen LogP) is 3.32. The smallest absolute Gasteiger partial charge is 0.337 e. The zero-order chi connectivity index (χ0) is 13.1.